The second kappa shape index (κ2) is 5.93. The van der Waals surface area contributed by atoms with E-state index >= 15 is 0 Å². The van der Waals surface area contributed by atoms with Crippen LogP contribution in [0.15, 0.2) is 0 Å². The van der Waals surface area contributed by atoms with Crippen LogP contribution in [0.2, 0.25) is 0 Å². The number of anilines is 1. The first-order chi connectivity index (χ1) is 6.77. The molecule has 0 aromatic carbocycles. The minimum Gasteiger partial charge on any atom is -0.347 e. The highest BCUT2D eigenvalue weighted by Crippen LogP contribution is 2.17. The third kappa shape index (κ3) is 3.23. The van der Waals surface area contributed by atoms with Crippen LogP contribution >= 0.6 is 11.5 Å². The number of hydrogen-bond acceptors (Lipinski definition) is 5. The summed E-state index contributed by atoms with van der Waals surface area (Å²) in [6.07, 6.45) is 2.14. The first-order valence-corrected chi connectivity index (χ1v) is 5.80. The van der Waals surface area contributed by atoms with Gasteiger partial charge in [-0.25, -0.2) is 4.98 Å². The summed E-state index contributed by atoms with van der Waals surface area (Å²) < 4.78 is 4.19. The molecular weight excluding hydrogens is 196 g/mol. The number of hydrogen-bond donors (Lipinski definition) is 1. The van der Waals surface area contributed by atoms with Crippen molar-refractivity contribution in [1.29, 1.82) is 0 Å². The monoisotopic (exact) mass is 214 g/mol. The predicted molar refractivity (Wildman–Crippen MR) is 60.8 cm³/mol. The van der Waals surface area contributed by atoms with E-state index in [0.29, 0.717) is 0 Å². The average molecular weight is 214 g/mol. The molecule has 0 radical (unpaired) electrons. The number of aromatic nitrogens is 2. The molecule has 2 N–H and O–H groups in total. The molecule has 0 aliphatic carbocycles. The molecule has 1 heterocycles. The van der Waals surface area contributed by atoms with Crippen molar-refractivity contribution in [3.05, 3.63) is 5.82 Å². The van der Waals surface area contributed by atoms with Gasteiger partial charge in [-0.15, -0.1) is 0 Å². The van der Waals surface area contributed by atoms with Crippen molar-refractivity contribution in [3.8, 4) is 0 Å². The molecule has 14 heavy (non-hydrogen) atoms. The van der Waals surface area contributed by atoms with Gasteiger partial charge in [0.15, 0.2) is 0 Å². The lowest BCUT2D eigenvalue weighted by Crippen LogP contribution is -2.26. The zero-order valence-corrected chi connectivity index (χ0v) is 9.68. The van der Waals surface area contributed by atoms with Crippen LogP contribution < -0.4 is 10.6 Å². The fourth-order valence-electron chi connectivity index (χ4n) is 1.27. The van der Waals surface area contributed by atoms with Gasteiger partial charge in [0.05, 0.1) is 0 Å². The first-order valence-electron chi connectivity index (χ1n) is 5.03. The standard InChI is InChI=1S/C9H18N4S/c1-3-6-13(7-4-5-10)9-11-8(2)12-14-9/h3-7,10H2,1-2H3. The van der Waals surface area contributed by atoms with Gasteiger partial charge in [0.2, 0.25) is 5.13 Å². The predicted octanol–water partition coefficient (Wildman–Crippen LogP) is 1.41. The third-order valence-corrected chi connectivity index (χ3v) is 2.78. The molecule has 4 nitrogen and oxygen atoms in total. The zero-order chi connectivity index (χ0) is 10.4. The highest BCUT2D eigenvalue weighted by molar-refractivity contribution is 7.09. The van der Waals surface area contributed by atoms with Crippen LogP contribution in [0.5, 0.6) is 0 Å². The summed E-state index contributed by atoms with van der Waals surface area (Å²) in [6.45, 7) is 6.85. The maximum absolute atomic E-state index is 5.50. The van der Waals surface area contributed by atoms with Crippen LogP contribution in [-0.2, 0) is 0 Å². The van der Waals surface area contributed by atoms with Crippen molar-refractivity contribution < 1.29 is 0 Å². The summed E-state index contributed by atoms with van der Waals surface area (Å²) in [5.74, 6) is 0.860. The van der Waals surface area contributed by atoms with E-state index in [1.54, 1.807) is 0 Å². The summed E-state index contributed by atoms with van der Waals surface area (Å²) in [5, 5.41) is 1.03. The molecule has 80 valence electrons. The molecule has 0 saturated heterocycles. The fourth-order valence-corrected chi connectivity index (χ4v) is 2.00. The van der Waals surface area contributed by atoms with Crippen LogP contribution in [-0.4, -0.2) is 29.0 Å². The molecule has 0 amide bonds. The minimum absolute atomic E-state index is 0.734. The van der Waals surface area contributed by atoms with E-state index in [1.165, 1.54) is 11.5 Å². The van der Waals surface area contributed by atoms with Crippen molar-refractivity contribution in [3.63, 3.8) is 0 Å². The van der Waals surface area contributed by atoms with E-state index in [-0.39, 0.29) is 0 Å². The molecule has 1 aromatic rings. The van der Waals surface area contributed by atoms with Crippen molar-refractivity contribution in [1.82, 2.24) is 9.36 Å². The lowest BCUT2D eigenvalue weighted by atomic mass is 10.3. The molecule has 0 saturated carbocycles. The maximum atomic E-state index is 5.50. The summed E-state index contributed by atoms with van der Waals surface area (Å²) in [5.41, 5.74) is 5.50. The van der Waals surface area contributed by atoms with Gasteiger partial charge < -0.3 is 10.6 Å². The highest BCUT2D eigenvalue weighted by atomic mass is 32.1. The van der Waals surface area contributed by atoms with E-state index in [1.807, 2.05) is 6.92 Å². The molecule has 0 fully saturated rings. The Hall–Kier alpha value is -0.680. The molecule has 0 atom stereocenters. The largest absolute Gasteiger partial charge is 0.347 e. The molecule has 0 unspecified atom stereocenters. The number of aryl methyl sites for hydroxylation is 1. The molecule has 1 aromatic heterocycles. The molecule has 0 aliphatic heterocycles. The van der Waals surface area contributed by atoms with E-state index in [9.17, 15) is 0 Å². The number of nitrogens with two attached hydrogens (primary N) is 1. The smallest absolute Gasteiger partial charge is 0.205 e. The SMILES string of the molecule is CCCN(CCCN)c1nc(C)ns1. The Bertz CT molecular complexity index is 261. The average Bonchev–Trinajstić information content (AvgIpc) is 2.59. The third-order valence-electron chi connectivity index (χ3n) is 1.91. The van der Waals surface area contributed by atoms with E-state index in [4.69, 9.17) is 5.73 Å². The molecule has 1 rings (SSSR count). The van der Waals surface area contributed by atoms with Crippen molar-refractivity contribution in [2.24, 2.45) is 5.73 Å². The lowest BCUT2D eigenvalue weighted by Gasteiger charge is -2.19. The Morgan fingerprint density at radius 3 is 2.71 bits per heavy atom. The van der Waals surface area contributed by atoms with E-state index < -0.39 is 0 Å². The van der Waals surface area contributed by atoms with Gasteiger partial charge in [-0.2, -0.15) is 4.37 Å². The molecule has 0 aliphatic rings. The second-order valence-corrected chi connectivity index (χ2v) is 3.98. The van der Waals surface area contributed by atoms with Gasteiger partial charge in [0.1, 0.15) is 5.82 Å². The van der Waals surface area contributed by atoms with Gasteiger partial charge in [-0.05, 0) is 26.3 Å². The van der Waals surface area contributed by atoms with Gasteiger partial charge in [-0.3, -0.25) is 0 Å². The van der Waals surface area contributed by atoms with Gasteiger partial charge in [0, 0.05) is 24.6 Å². The van der Waals surface area contributed by atoms with Crippen molar-refractivity contribution in [2.75, 3.05) is 24.5 Å². The van der Waals surface area contributed by atoms with Crippen molar-refractivity contribution >= 4 is 16.7 Å². The van der Waals surface area contributed by atoms with Crippen LogP contribution in [0.4, 0.5) is 5.13 Å². The van der Waals surface area contributed by atoms with Gasteiger partial charge in [0.25, 0.3) is 0 Å². The Labute approximate surface area is 89.3 Å². The van der Waals surface area contributed by atoms with Crippen molar-refractivity contribution in [2.45, 2.75) is 26.7 Å². The van der Waals surface area contributed by atoms with Crippen LogP contribution in [0, 0.1) is 6.92 Å². The molecule has 0 spiro atoms. The van der Waals surface area contributed by atoms with E-state index in [2.05, 4.69) is 21.2 Å². The summed E-state index contributed by atoms with van der Waals surface area (Å²) >= 11 is 1.47. The number of rotatable bonds is 6. The van der Waals surface area contributed by atoms with E-state index in [0.717, 1.165) is 43.4 Å². The Balaban J connectivity index is 2.57. The normalized spacial score (nSPS) is 10.5. The summed E-state index contributed by atoms with van der Waals surface area (Å²) in [4.78, 5) is 6.64. The summed E-state index contributed by atoms with van der Waals surface area (Å²) in [7, 11) is 0. The molecular formula is C9H18N4S. The lowest BCUT2D eigenvalue weighted by molar-refractivity contribution is 0.717. The summed E-state index contributed by atoms with van der Waals surface area (Å²) in [6, 6.07) is 0. The molecule has 5 heteroatoms. The Morgan fingerprint density at radius 2 is 2.21 bits per heavy atom. The van der Waals surface area contributed by atoms with Crippen LogP contribution in [0.1, 0.15) is 25.6 Å². The van der Waals surface area contributed by atoms with Crippen LogP contribution in [0.3, 0.4) is 0 Å². The maximum Gasteiger partial charge on any atom is 0.205 e. The Morgan fingerprint density at radius 1 is 1.43 bits per heavy atom. The number of nitrogens with zero attached hydrogens (tertiary/aromatic N) is 3. The topological polar surface area (TPSA) is 55.0 Å². The highest BCUT2D eigenvalue weighted by Gasteiger charge is 2.09. The minimum atomic E-state index is 0.734. The zero-order valence-electron chi connectivity index (χ0n) is 8.86. The molecule has 0 bridgehead atoms. The van der Waals surface area contributed by atoms with Gasteiger partial charge >= 0.3 is 0 Å². The van der Waals surface area contributed by atoms with Crippen LogP contribution in [0.25, 0.3) is 0 Å². The quantitative estimate of drug-likeness (QED) is 0.778. The first kappa shape index (κ1) is 11.4. The fraction of sp³-hybridized carbons (Fsp3) is 0.778. The van der Waals surface area contributed by atoms with Gasteiger partial charge in [-0.1, -0.05) is 6.92 Å². The Kier molecular flexibility index (Phi) is 4.82. The second-order valence-electron chi connectivity index (χ2n) is 3.25.